The van der Waals surface area contributed by atoms with Crippen molar-refractivity contribution in [3.05, 3.63) is 33.8 Å². The summed E-state index contributed by atoms with van der Waals surface area (Å²) >= 11 is 12.2. The van der Waals surface area contributed by atoms with E-state index in [9.17, 15) is 4.79 Å². The number of benzene rings is 1. The summed E-state index contributed by atoms with van der Waals surface area (Å²) in [5, 5.41) is 4.24. The van der Waals surface area contributed by atoms with Crippen molar-refractivity contribution in [2.75, 3.05) is 19.6 Å². The fourth-order valence-corrected chi connectivity index (χ4v) is 2.73. The highest BCUT2D eigenvalue weighted by Crippen LogP contribution is 2.29. The second-order valence-corrected chi connectivity index (χ2v) is 5.98. The largest absolute Gasteiger partial charge is 0.338 e. The van der Waals surface area contributed by atoms with Gasteiger partial charge in [0.15, 0.2) is 0 Å². The molecule has 1 N–H and O–H groups in total. The summed E-state index contributed by atoms with van der Waals surface area (Å²) in [6, 6.07) is 5.45. The van der Waals surface area contributed by atoms with Crippen LogP contribution in [0, 0.1) is 5.92 Å². The second-order valence-electron chi connectivity index (χ2n) is 5.16. The number of urea groups is 1. The lowest BCUT2D eigenvalue weighted by Crippen LogP contribution is -2.41. The van der Waals surface area contributed by atoms with Gasteiger partial charge in [0.05, 0.1) is 0 Å². The Morgan fingerprint density at radius 2 is 2.00 bits per heavy atom. The number of carbonyl (C=O) groups is 1. The SMILES string of the molecule is CCN(CC1CC1)C(=O)NCCc1c(Cl)cccc1Cl. The third-order valence-electron chi connectivity index (χ3n) is 3.56. The topological polar surface area (TPSA) is 32.3 Å². The van der Waals surface area contributed by atoms with Crippen molar-refractivity contribution in [3.63, 3.8) is 0 Å². The Morgan fingerprint density at radius 1 is 1.35 bits per heavy atom. The van der Waals surface area contributed by atoms with Crippen LogP contribution in [-0.4, -0.2) is 30.6 Å². The molecular weight excluding hydrogens is 295 g/mol. The van der Waals surface area contributed by atoms with E-state index in [-0.39, 0.29) is 6.03 Å². The molecule has 110 valence electrons. The maximum Gasteiger partial charge on any atom is 0.317 e. The van der Waals surface area contributed by atoms with Gasteiger partial charge < -0.3 is 10.2 Å². The minimum Gasteiger partial charge on any atom is -0.338 e. The highest BCUT2D eigenvalue weighted by atomic mass is 35.5. The number of nitrogens with one attached hydrogen (secondary N) is 1. The lowest BCUT2D eigenvalue weighted by Gasteiger charge is -2.21. The van der Waals surface area contributed by atoms with E-state index in [0.717, 1.165) is 18.7 Å². The smallest absolute Gasteiger partial charge is 0.317 e. The Bertz CT molecular complexity index is 455. The van der Waals surface area contributed by atoms with Crippen molar-refractivity contribution in [1.82, 2.24) is 10.2 Å². The van der Waals surface area contributed by atoms with Gasteiger partial charge in [0.2, 0.25) is 0 Å². The normalized spacial score (nSPS) is 14.2. The monoisotopic (exact) mass is 314 g/mol. The summed E-state index contributed by atoms with van der Waals surface area (Å²) in [6.45, 7) is 4.17. The van der Waals surface area contributed by atoms with Gasteiger partial charge in [-0.3, -0.25) is 0 Å². The van der Waals surface area contributed by atoms with Crippen LogP contribution in [0.15, 0.2) is 18.2 Å². The Kier molecular flexibility index (Phi) is 5.55. The first-order valence-corrected chi connectivity index (χ1v) is 7.83. The molecule has 1 aliphatic carbocycles. The van der Waals surface area contributed by atoms with Crippen LogP contribution in [0.3, 0.4) is 0 Å². The van der Waals surface area contributed by atoms with Gasteiger partial charge in [0.1, 0.15) is 0 Å². The van der Waals surface area contributed by atoms with Gasteiger partial charge in [-0.25, -0.2) is 4.79 Å². The molecule has 0 radical (unpaired) electrons. The minimum absolute atomic E-state index is 0.00239. The fourth-order valence-electron chi connectivity index (χ4n) is 2.15. The van der Waals surface area contributed by atoms with Crippen molar-refractivity contribution in [2.45, 2.75) is 26.2 Å². The average molecular weight is 315 g/mol. The highest BCUT2D eigenvalue weighted by Gasteiger charge is 2.25. The maximum atomic E-state index is 12.0. The van der Waals surface area contributed by atoms with E-state index in [0.29, 0.717) is 28.9 Å². The summed E-state index contributed by atoms with van der Waals surface area (Å²) < 4.78 is 0. The van der Waals surface area contributed by atoms with Crippen LogP contribution in [0.1, 0.15) is 25.3 Å². The highest BCUT2D eigenvalue weighted by molar-refractivity contribution is 6.35. The van der Waals surface area contributed by atoms with Gasteiger partial charge in [-0.2, -0.15) is 0 Å². The number of halogens is 2. The van der Waals surface area contributed by atoms with Crippen molar-refractivity contribution in [1.29, 1.82) is 0 Å². The molecule has 3 nitrogen and oxygen atoms in total. The summed E-state index contributed by atoms with van der Waals surface area (Å²) in [5.74, 6) is 0.707. The Labute approximate surface area is 130 Å². The summed E-state index contributed by atoms with van der Waals surface area (Å²) in [6.07, 6.45) is 3.14. The molecule has 0 aromatic heterocycles. The molecule has 0 unspecified atom stereocenters. The van der Waals surface area contributed by atoms with Crippen molar-refractivity contribution in [2.24, 2.45) is 5.92 Å². The number of amides is 2. The molecule has 1 aromatic carbocycles. The van der Waals surface area contributed by atoms with Crippen LogP contribution < -0.4 is 5.32 Å². The van der Waals surface area contributed by atoms with E-state index in [4.69, 9.17) is 23.2 Å². The third-order valence-corrected chi connectivity index (χ3v) is 4.27. The van der Waals surface area contributed by atoms with Crippen LogP contribution in [-0.2, 0) is 6.42 Å². The van der Waals surface area contributed by atoms with E-state index >= 15 is 0 Å². The molecule has 0 aliphatic heterocycles. The lowest BCUT2D eigenvalue weighted by atomic mass is 10.1. The first-order chi connectivity index (χ1) is 9.61. The molecule has 0 saturated heterocycles. The fraction of sp³-hybridized carbons (Fsp3) is 0.533. The van der Waals surface area contributed by atoms with Crippen LogP contribution in [0.2, 0.25) is 10.0 Å². The standard InChI is InChI=1S/C15H20Cl2N2O/c1-2-19(10-11-6-7-11)15(20)18-9-8-12-13(16)4-3-5-14(12)17/h3-5,11H,2,6-10H2,1H3,(H,18,20). The molecule has 1 saturated carbocycles. The van der Waals surface area contributed by atoms with Gasteiger partial charge in [-0.05, 0) is 49.8 Å². The molecule has 0 spiro atoms. The van der Waals surface area contributed by atoms with Gasteiger partial charge in [0.25, 0.3) is 0 Å². The molecule has 2 amide bonds. The van der Waals surface area contributed by atoms with Gasteiger partial charge in [-0.1, -0.05) is 29.3 Å². The third kappa shape index (κ3) is 4.29. The quantitative estimate of drug-likeness (QED) is 0.846. The number of hydrogen-bond acceptors (Lipinski definition) is 1. The zero-order chi connectivity index (χ0) is 14.5. The molecule has 2 rings (SSSR count). The lowest BCUT2D eigenvalue weighted by molar-refractivity contribution is 0.198. The molecule has 0 bridgehead atoms. The van der Waals surface area contributed by atoms with E-state index in [1.807, 2.05) is 30.0 Å². The second kappa shape index (κ2) is 7.19. The molecule has 0 heterocycles. The van der Waals surface area contributed by atoms with Gasteiger partial charge in [0, 0.05) is 29.7 Å². The zero-order valence-corrected chi connectivity index (χ0v) is 13.2. The van der Waals surface area contributed by atoms with Crippen molar-refractivity contribution < 1.29 is 4.79 Å². The maximum absolute atomic E-state index is 12.0. The molecule has 1 aromatic rings. The Hall–Kier alpha value is -0.930. The van der Waals surface area contributed by atoms with E-state index in [1.54, 1.807) is 0 Å². The van der Waals surface area contributed by atoms with Crippen molar-refractivity contribution >= 4 is 29.2 Å². The molecule has 1 aliphatic rings. The average Bonchev–Trinajstić information content (AvgIpc) is 3.23. The summed E-state index contributed by atoms with van der Waals surface area (Å²) in [7, 11) is 0. The van der Waals surface area contributed by atoms with Crippen LogP contribution in [0.25, 0.3) is 0 Å². The number of nitrogens with zero attached hydrogens (tertiary/aromatic N) is 1. The number of carbonyl (C=O) groups excluding carboxylic acids is 1. The summed E-state index contributed by atoms with van der Waals surface area (Å²) in [4.78, 5) is 13.9. The molecular formula is C15H20Cl2N2O. The summed E-state index contributed by atoms with van der Waals surface area (Å²) in [5.41, 5.74) is 0.890. The van der Waals surface area contributed by atoms with Crippen LogP contribution in [0.5, 0.6) is 0 Å². The van der Waals surface area contributed by atoms with E-state index in [2.05, 4.69) is 5.32 Å². The first-order valence-electron chi connectivity index (χ1n) is 7.07. The predicted molar refractivity (Wildman–Crippen MR) is 83.5 cm³/mol. The molecule has 0 atom stereocenters. The number of hydrogen-bond donors (Lipinski definition) is 1. The van der Waals surface area contributed by atoms with Crippen LogP contribution >= 0.6 is 23.2 Å². The number of rotatable bonds is 6. The molecule has 1 fully saturated rings. The first kappa shape index (κ1) is 15.5. The van der Waals surface area contributed by atoms with Crippen molar-refractivity contribution in [3.8, 4) is 0 Å². The van der Waals surface area contributed by atoms with Crippen LogP contribution in [0.4, 0.5) is 4.79 Å². The Morgan fingerprint density at radius 3 is 2.55 bits per heavy atom. The predicted octanol–water partition coefficient (Wildman–Crippen LogP) is 3.98. The van der Waals surface area contributed by atoms with Gasteiger partial charge in [-0.15, -0.1) is 0 Å². The molecule has 20 heavy (non-hydrogen) atoms. The molecule has 5 heteroatoms. The minimum atomic E-state index is 0.00239. The Balaban J connectivity index is 1.80. The van der Waals surface area contributed by atoms with E-state index in [1.165, 1.54) is 12.8 Å². The zero-order valence-electron chi connectivity index (χ0n) is 11.7. The van der Waals surface area contributed by atoms with Gasteiger partial charge >= 0.3 is 6.03 Å². The van der Waals surface area contributed by atoms with E-state index < -0.39 is 0 Å².